The lowest BCUT2D eigenvalue weighted by molar-refractivity contribution is -0.117. The molecule has 0 aliphatic rings. The highest BCUT2D eigenvalue weighted by Gasteiger charge is 2.20. The Kier molecular flexibility index (Phi) is 11.8. The highest BCUT2D eigenvalue weighted by molar-refractivity contribution is 6.30. The summed E-state index contributed by atoms with van der Waals surface area (Å²) in [5.41, 5.74) is 9.96. The number of H-pyrrole nitrogens is 1. The number of carbonyl (C=O) groups excluding carboxylic acids is 2. The molecule has 0 unspecified atom stereocenters. The maximum Gasteiger partial charge on any atom is 0.264 e. The number of ether oxygens (including phenoxy) is 1. The highest BCUT2D eigenvalue weighted by atomic mass is 35.5. The summed E-state index contributed by atoms with van der Waals surface area (Å²) in [5.74, 6) is 1.40. The van der Waals surface area contributed by atoms with Crippen molar-refractivity contribution in [3.8, 4) is 5.75 Å². The number of benzene rings is 3. The largest absolute Gasteiger partial charge is 0.497 e. The van der Waals surface area contributed by atoms with E-state index in [2.05, 4.69) is 71.9 Å². The van der Waals surface area contributed by atoms with Gasteiger partial charge in [-0.3, -0.25) is 9.59 Å². The van der Waals surface area contributed by atoms with E-state index in [9.17, 15) is 14.4 Å². The van der Waals surface area contributed by atoms with Crippen LogP contribution in [0.4, 0.5) is 0 Å². The Hall–Kier alpha value is -5.21. The molecule has 3 aromatic heterocycles. The van der Waals surface area contributed by atoms with Gasteiger partial charge in [-0.05, 0) is 111 Å². The molecular formula is C42H45ClN4O4. The van der Waals surface area contributed by atoms with Crippen molar-refractivity contribution in [3.63, 3.8) is 0 Å². The van der Waals surface area contributed by atoms with E-state index in [1.165, 1.54) is 39.4 Å². The average molecular weight is 705 g/mol. The number of halogens is 1. The van der Waals surface area contributed by atoms with E-state index in [-0.39, 0.29) is 17.1 Å². The Labute approximate surface area is 304 Å². The lowest BCUT2D eigenvalue weighted by Gasteiger charge is -2.12. The smallest absolute Gasteiger partial charge is 0.264 e. The number of hydrogen-bond acceptors (Lipinski definition) is 5. The molecule has 0 saturated carbocycles. The first-order chi connectivity index (χ1) is 24.3. The predicted octanol–water partition coefficient (Wildman–Crippen LogP) is 8.36. The molecule has 6 rings (SSSR count). The number of nitrogens with one attached hydrogen (secondary N) is 1. The number of fused-ring (bicyclic) bond motifs is 1. The summed E-state index contributed by atoms with van der Waals surface area (Å²) in [6, 6.07) is 27.0. The van der Waals surface area contributed by atoms with Crippen molar-refractivity contribution in [2.75, 3.05) is 7.11 Å². The molecule has 0 amide bonds. The first kappa shape index (κ1) is 37.1. The summed E-state index contributed by atoms with van der Waals surface area (Å²) >= 11 is 5.88. The van der Waals surface area contributed by atoms with Crippen LogP contribution in [0.5, 0.6) is 5.75 Å². The van der Waals surface area contributed by atoms with Crippen LogP contribution in [0.1, 0.15) is 75.7 Å². The molecule has 9 heteroatoms. The monoisotopic (exact) mass is 704 g/mol. The second kappa shape index (κ2) is 16.2. The van der Waals surface area contributed by atoms with Gasteiger partial charge in [-0.2, -0.15) is 5.10 Å². The molecule has 0 bridgehead atoms. The molecule has 0 spiro atoms. The van der Waals surface area contributed by atoms with Gasteiger partial charge < -0.3 is 18.7 Å². The number of Topliss-reactive ketones (excluding diaryl/α,β-unsaturated/α-hetero) is 1. The van der Waals surface area contributed by atoms with Gasteiger partial charge in [0.15, 0.2) is 0 Å². The highest BCUT2D eigenvalue weighted by Crippen LogP contribution is 2.32. The molecule has 3 aromatic carbocycles. The van der Waals surface area contributed by atoms with Crippen molar-refractivity contribution < 1.29 is 14.3 Å². The van der Waals surface area contributed by atoms with E-state index in [1.54, 1.807) is 44.4 Å². The molecule has 51 heavy (non-hydrogen) atoms. The first-order valence-electron chi connectivity index (χ1n) is 17.0. The lowest BCUT2D eigenvalue weighted by Crippen LogP contribution is -2.12. The molecule has 3 heterocycles. The Morgan fingerprint density at radius 1 is 0.941 bits per heavy atom. The quantitative estimate of drug-likeness (QED) is 0.137. The third-order valence-corrected chi connectivity index (χ3v) is 9.51. The minimum atomic E-state index is -0.236. The van der Waals surface area contributed by atoms with E-state index in [4.69, 9.17) is 16.3 Å². The summed E-state index contributed by atoms with van der Waals surface area (Å²) in [7, 11) is 3.56. The fourth-order valence-electron chi connectivity index (χ4n) is 6.63. The second-order valence-corrected chi connectivity index (χ2v) is 13.8. The molecule has 264 valence electrons. The Morgan fingerprint density at radius 2 is 1.65 bits per heavy atom. The molecule has 0 saturated heterocycles. The van der Waals surface area contributed by atoms with Crippen LogP contribution in [-0.2, 0) is 31.2 Å². The molecule has 6 aromatic rings. The standard InChI is InChI=1S/C24H29NO2.C18H16ClN3O2/c1-16-6-8-20(9-7-16)15-25-19(4)22(13-17(2)12-18(3)26)23-14-21(27-5)10-11-24(23)25;1-11-9-15(10-14-7-8-16(23)21-20-14)22(2)17(11)18(24)12-3-5-13(19)6-4-12/h6-11,14,17H,12-13,15H2,1-5H3;3-9H,10H2,1-2H3,(H,21,23)/t17-;/m0./s1. The van der Waals surface area contributed by atoms with Gasteiger partial charge in [0.25, 0.3) is 5.56 Å². The zero-order chi connectivity index (χ0) is 36.8. The van der Waals surface area contributed by atoms with E-state index in [1.807, 2.05) is 30.7 Å². The Balaban J connectivity index is 0.000000199. The van der Waals surface area contributed by atoms with Crippen LogP contribution in [0.3, 0.4) is 0 Å². The number of ketones is 2. The van der Waals surface area contributed by atoms with Crippen LogP contribution >= 0.6 is 11.6 Å². The third kappa shape index (κ3) is 8.94. The molecule has 0 aliphatic carbocycles. The van der Waals surface area contributed by atoms with Crippen molar-refractivity contribution in [1.29, 1.82) is 0 Å². The SMILES string of the molecule is COc1ccc2c(c1)c(C[C@@H](C)CC(C)=O)c(C)n2Cc1ccc(C)cc1.Cc1cc(Cc2ccc(=O)[nH]n2)n(C)c1C(=O)c1ccc(Cl)cc1. The van der Waals surface area contributed by atoms with Crippen molar-refractivity contribution in [2.24, 2.45) is 13.0 Å². The summed E-state index contributed by atoms with van der Waals surface area (Å²) in [6.07, 6.45) is 2.05. The number of nitrogens with zero attached hydrogens (tertiary/aromatic N) is 3. The van der Waals surface area contributed by atoms with Crippen molar-refractivity contribution in [1.82, 2.24) is 19.3 Å². The number of aromatic amines is 1. The van der Waals surface area contributed by atoms with Crippen LogP contribution < -0.4 is 10.3 Å². The van der Waals surface area contributed by atoms with Gasteiger partial charge in [0, 0.05) is 65.4 Å². The predicted molar refractivity (Wildman–Crippen MR) is 204 cm³/mol. The third-order valence-electron chi connectivity index (χ3n) is 9.25. The minimum absolute atomic E-state index is 0.0488. The van der Waals surface area contributed by atoms with Gasteiger partial charge in [-0.1, -0.05) is 48.4 Å². The van der Waals surface area contributed by atoms with E-state index < -0.39 is 0 Å². The van der Waals surface area contributed by atoms with E-state index in [0.717, 1.165) is 35.7 Å². The summed E-state index contributed by atoms with van der Waals surface area (Å²) in [5, 5.41) is 8.26. The average Bonchev–Trinajstić information content (AvgIpc) is 3.52. The van der Waals surface area contributed by atoms with Gasteiger partial charge in [-0.25, -0.2) is 5.10 Å². The summed E-state index contributed by atoms with van der Waals surface area (Å²) in [4.78, 5) is 35.4. The van der Waals surface area contributed by atoms with Crippen LogP contribution in [0, 0.1) is 26.7 Å². The fraction of sp³-hybridized carbons (Fsp3) is 0.286. The maximum absolute atomic E-state index is 12.8. The van der Waals surface area contributed by atoms with Gasteiger partial charge in [0.2, 0.25) is 5.78 Å². The molecular weight excluding hydrogens is 660 g/mol. The number of aromatic nitrogens is 4. The van der Waals surface area contributed by atoms with E-state index in [0.29, 0.717) is 35.0 Å². The van der Waals surface area contributed by atoms with Crippen molar-refractivity contribution in [2.45, 2.75) is 60.4 Å². The number of rotatable bonds is 11. The van der Waals surface area contributed by atoms with Crippen molar-refractivity contribution in [3.05, 3.63) is 151 Å². The molecule has 8 nitrogen and oxygen atoms in total. The first-order valence-corrected chi connectivity index (χ1v) is 17.4. The Bertz CT molecular complexity index is 2210. The van der Waals surface area contributed by atoms with Crippen LogP contribution in [-0.4, -0.2) is 38.0 Å². The number of aryl methyl sites for hydroxylation is 2. The number of carbonyl (C=O) groups is 2. The van der Waals surface area contributed by atoms with E-state index >= 15 is 0 Å². The Morgan fingerprint density at radius 3 is 2.27 bits per heavy atom. The van der Waals surface area contributed by atoms with Crippen LogP contribution in [0.15, 0.2) is 89.7 Å². The van der Waals surface area contributed by atoms with Crippen LogP contribution in [0.25, 0.3) is 10.9 Å². The van der Waals surface area contributed by atoms with Gasteiger partial charge >= 0.3 is 0 Å². The molecule has 1 atom stereocenters. The molecule has 1 N–H and O–H groups in total. The second-order valence-electron chi connectivity index (χ2n) is 13.4. The number of methoxy groups -OCH3 is 1. The zero-order valence-corrected chi connectivity index (χ0v) is 31.1. The normalized spacial score (nSPS) is 11.6. The number of hydrogen-bond donors (Lipinski definition) is 1. The van der Waals surface area contributed by atoms with Gasteiger partial charge in [0.1, 0.15) is 11.5 Å². The topological polar surface area (TPSA) is 99.0 Å². The zero-order valence-electron chi connectivity index (χ0n) is 30.3. The fourth-order valence-corrected chi connectivity index (χ4v) is 6.75. The molecule has 0 radical (unpaired) electrons. The lowest BCUT2D eigenvalue weighted by atomic mass is 9.94. The minimum Gasteiger partial charge on any atom is -0.497 e. The summed E-state index contributed by atoms with van der Waals surface area (Å²) in [6.45, 7) is 10.9. The van der Waals surface area contributed by atoms with Crippen LogP contribution in [0.2, 0.25) is 5.02 Å². The van der Waals surface area contributed by atoms with Gasteiger partial charge in [-0.15, -0.1) is 0 Å². The van der Waals surface area contributed by atoms with Crippen molar-refractivity contribution >= 4 is 34.1 Å². The van der Waals surface area contributed by atoms with Gasteiger partial charge in [0.05, 0.1) is 18.5 Å². The molecule has 0 fully saturated rings. The summed E-state index contributed by atoms with van der Waals surface area (Å²) < 4.78 is 9.72. The molecule has 0 aliphatic heterocycles. The maximum atomic E-state index is 12.8.